The Morgan fingerprint density at radius 3 is 2.70 bits per heavy atom. The van der Waals surface area contributed by atoms with E-state index in [9.17, 15) is 13.2 Å². The average molecular weight is 339 g/mol. The van der Waals surface area contributed by atoms with E-state index in [1.807, 2.05) is 17.7 Å². The van der Waals surface area contributed by atoms with Gasteiger partial charge in [-0.15, -0.1) is 0 Å². The molecule has 2 rings (SSSR count). The van der Waals surface area contributed by atoms with Crippen molar-refractivity contribution in [2.75, 3.05) is 0 Å². The summed E-state index contributed by atoms with van der Waals surface area (Å²) in [6, 6.07) is 6.19. The molecule has 7 heteroatoms. The van der Waals surface area contributed by atoms with Gasteiger partial charge in [0.05, 0.1) is 11.2 Å². The quantitative estimate of drug-likeness (QED) is 0.914. The van der Waals surface area contributed by atoms with Gasteiger partial charge in [-0.1, -0.05) is 24.1 Å². The second-order valence-electron chi connectivity index (χ2n) is 5.40. The number of nitrogens with one attached hydrogen (secondary N) is 1. The monoisotopic (exact) mass is 339 g/mol. The van der Waals surface area contributed by atoms with E-state index in [2.05, 4.69) is 0 Å². The Balaban J connectivity index is 1.95. The van der Waals surface area contributed by atoms with Crippen molar-refractivity contribution in [2.24, 2.45) is 0 Å². The number of carbonyl (C=O) groups excluding carboxylic acids is 1. The van der Waals surface area contributed by atoms with Crippen LogP contribution in [0.4, 0.5) is 4.79 Å². The van der Waals surface area contributed by atoms with Gasteiger partial charge >= 0.3 is 6.09 Å². The van der Waals surface area contributed by atoms with Gasteiger partial charge in [0.2, 0.25) is 6.29 Å². The summed E-state index contributed by atoms with van der Waals surface area (Å²) < 4.78 is 36.5. The molecule has 0 saturated carbocycles. The summed E-state index contributed by atoms with van der Waals surface area (Å²) in [4.78, 5) is 11.8. The summed E-state index contributed by atoms with van der Waals surface area (Å²) in [6.07, 6.45) is 5.91. The normalized spacial score (nSPS) is 20.3. The van der Waals surface area contributed by atoms with E-state index in [1.165, 1.54) is 18.4 Å². The third-order valence-corrected chi connectivity index (χ3v) is 4.75. The molecular weight excluding hydrogens is 318 g/mol. The Morgan fingerprint density at radius 1 is 1.22 bits per heavy atom. The molecule has 1 amide bonds. The molecule has 1 aromatic carbocycles. The van der Waals surface area contributed by atoms with Crippen molar-refractivity contribution in [3.8, 4) is 0 Å². The standard InChI is InChI=1S/C16H21NO5S/c1-13-8-10-14(11-9-13)23(19,20)17-16(18)22-15-7-5-3-2-4-6-12-21-15/h6,8-12,15H,2-5,7H2,1H3,(H,17,18)/b12-6-. The predicted octanol–water partition coefficient (Wildman–Crippen LogP) is 3.23. The van der Waals surface area contributed by atoms with Crippen LogP contribution in [0.25, 0.3) is 0 Å². The molecule has 126 valence electrons. The minimum atomic E-state index is -3.95. The highest BCUT2D eigenvalue weighted by atomic mass is 32.2. The molecule has 0 aliphatic carbocycles. The topological polar surface area (TPSA) is 81.7 Å². The number of allylic oxidation sites excluding steroid dienone is 1. The predicted molar refractivity (Wildman–Crippen MR) is 85.1 cm³/mol. The maximum atomic E-state index is 12.1. The van der Waals surface area contributed by atoms with Gasteiger partial charge in [0.1, 0.15) is 0 Å². The lowest BCUT2D eigenvalue weighted by Crippen LogP contribution is -2.34. The van der Waals surface area contributed by atoms with E-state index in [0.717, 1.165) is 31.2 Å². The summed E-state index contributed by atoms with van der Waals surface area (Å²) in [6.45, 7) is 1.85. The van der Waals surface area contributed by atoms with Crippen LogP contribution in [-0.4, -0.2) is 20.8 Å². The number of ether oxygens (including phenoxy) is 2. The van der Waals surface area contributed by atoms with Crippen LogP contribution in [0.5, 0.6) is 0 Å². The van der Waals surface area contributed by atoms with Gasteiger partial charge in [-0.05, 0) is 44.4 Å². The number of carbonyl (C=O) groups is 1. The van der Waals surface area contributed by atoms with E-state index in [-0.39, 0.29) is 4.90 Å². The molecule has 0 saturated heterocycles. The number of rotatable bonds is 3. The average Bonchev–Trinajstić information content (AvgIpc) is 2.61. The van der Waals surface area contributed by atoms with Crippen molar-refractivity contribution in [1.82, 2.24) is 4.72 Å². The largest absolute Gasteiger partial charge is 0.463 e. The van der Waals surface area contributed by atoms with Crippen molar-refractivity contribution >= 4 is 16.1 Å². The number of amides is 1. The fourth-order valence-electron chi connectivity index (χ4n) is 2.15. The molecule has 0 radical (unpaired) electrons. The number of aryl methyl sites for hydroxylation is 1. The molecule has 0 aromatic heterocycles. The Kier molecular flexibility index (Phi) is 6.04. The molecule has 0 fully saturated rings. The second kappa shape index (κ2) is 8.01. The molecule has 0 spiro atoms. The maximum absolute atomic E-state index is 12.1. The highest BCUT2D eigenvalue weighted by molar-refractivity contribution is 7.90. The Hall–Kier alpha value is -2.02. The molecule has 6 nitrogen and oxygen atoms in total. The lowest BCUT2D eigenvalue weighted by Gasteiger charge is -2.17. The van der Waals surface area contributed by atoms with Gasteiger partial charge in [-0.25, -0.2) is 17.9 Å². The van der Waals surface area contributed by atoms with E-state index < -0.39 is 22.4 Å². The van der Waals surface area contributed by atoms with Crippen LogP contribution in [0, 0.1) is 6.92 Å². The zero-order valence-electron chi connectivity index (χ0n) is 13.0. The first-order valence-electron chi connectivity index (χ1n) is 7.58. The van der Waals surface area contributed by atoms with Crippen molar-refractivity contribution in [3.05, 3.63) is 42.2 Å². The van der Waals surface area contributed by atoms with Gasteiger partial charge < -0.3 is 9.47 Å². The first-order valence-corrected chi connectivity index (χ1v) is 9.06. The van der Waals surface area contributed by atoms with Crippen LogP contribution >= 0.6 is 0 Å². The van der Waals surface area contributed by atoms with Gasteiger partial charge in [0.15, 0.2) is 0 Å². The van der Waals surface area contributed by atoms with Gasteiger partial charge in [-0.2, -0.15) is 0 Å². The molecule has 1 N–H and O–H groups in total. The lowest BCUT2D eigenvalue weighted by atomic mass is 10.1. The zero-order chi connectivity index (χ0) is 16.7. The van der Waals surface area contributed by atoms with Crippen molar-refractivity contribution in [2.45, 2.75) is 50.2 Å². The first kappa shape index (κ1) is 17.3. The van der Waals surface area contributed by atoms with Gasteiger partial charge in [0.25, 0.3) is 10.0 Å². The van der Waals surface area contributed by atoms with Crippen LogP contribution in [0.2, 0.25) is 0 Å². The highest BCUT2D eigenvalue weighted by Crippen LogP contribution is 2.14. The Morgan fingerprint density at radius 2 is 1.96 bits per heavy atom. The lowest BCUT2D eigenvalue weighted by molar-refractivity contribution is -0.0646. The molecule has 1 atom stereocenters. The van der Waals surface area contributed by atoms with Crippen LogP contribution in [0.3, 0.4) is 0 Å². The van der Waals surface area contributed by atoms with Gasteiger partial charge in [0, 0.05) is 6.42 Å². The summed E-state index contributed by atoms with van der Waals surface area (Å²) in [5.41, 5.74) is 0.928. The van der Waals surface area contributed by atoms with Crippen LogP contribution in [0.15, 0.2) is 41.5 Å². The molecule has 23 heavy (non-hydrogen) atoms. The van der Waals surface area contributed by atoms with E-state index in [1.54, 1.807) is 12.1 Å². The summed E-state index contributed by atoms with van der Waals surface area (Å²) in [5.74, 6) is 0. The fourth-order valence-corrected chi connectivity index (χ4v) is 3.03. The zero-order valence-corrected chi connectivity index (χ0v) is 13.8. The molecular formula is C16H21NO5S. The molecule has 1 aromatic rings. The van der Waals surface area contributed by atoms with Crippen LogP contribution < -0.4 is 4.72 Å². The fraction of sp³-hybridized carbons (Fsp3) is 0.438. The Bertz CT molecular complexity index is 652. The number of hydrogen-bond acceptors (Lipinski definition) is 5. The third-order valence-electron chi connectivity index (χ3n) is 3.42. The molecule has 0 bridgehead atoms. The van der Waals surface area contributed by atoms with Crippen LogP contribution in [0.1, 0.15) is 37.7 Å². The molecule has 1 unspecified atom stereocenters. The van der Waals surface area contributed by atoms with Crippen molar-refractivity contribution in [3.63, 3.8) is 0 Å². The number of benzene rings is 1. The maximum Gasteiger partial charge on any atom is 0.424 e. The summed E-state index contributed by atoms with van der Waals surface area (Å²) in [5, 5.41) is 0. The Labute approximate surface area is 136 Å². The minimum absolute atomic E-state index is 0.00957. The number of sulfonamides is 1. The summed E-state index contributed by atoms with van der Waals surface area (Å²) >= 11 is 0. The highest BCUT2D eigenvalue weighted by Gasteiger charge is 2.21. The van der Waals surface area contributed by atoms with E-state index >= 15 is 0 Å². The minimum Gasteiger partial charge on any atom is -0.463 e. The molecule has 1 aliphatic heterocycles. The smallest absolute Gasteiger partial charge is 0.424 e. The number of hydrogen-bond donors (Lipinski definition) is 1. The first-order chi connectivity index (χ1) is 11.0. The second-order valence-corrected chi connectivity index (χ2v) is 7.08. The van der Waals surface area contributed by atoms with Gasteiger partial charge in [-0.3, -0.25) is 0 Å². The van der Waals surface area contributed by atoms with Crippen LogP contribution in [-0.2, 0) is 19.5 Å². The SMILES string of the molecule is Cc1ccc(S(=O)(=O)NC(=O)OC2CCCCC/C=C\O2)cc1. The van der Waals surface area contributed by atoms with E-state index in [0.29, 0.717) is 6.42 Å². The third kappa shape index (κ3) is 5.59. The molecule has 1 aliphatic rings. The van der Waals surface area contributed by atoms with Crippen molar-refractivity contribution in [1.29, 1.82) is 0 Å². The summed E-state index contributed by atoms with van der Waals surface area (Å²) in [7, 11) is -3.95. The van der Waals surface area contributed by atoms with E-state index in [4.69, 9.17) is 9.47 Å². The molecule has 1 heterocycles. The van der Waals surface area contributed by atoms with Crippen molar-refractivity contribution < 1.29 is 22.7 Å².